The second-order valence-corrected chi connectivity index (χ2v) is 4.74. The van der Waals surface area contributed by atoms with Crippen LogP contribution in [0, 0.1) is 5.41 Å². The molecule has 0 radical (unpaired) electrons. The van der Waals surface area contributed by atoms with Crippen molar-refractivity contribution < 1.29 is 4.79 Å². The van der Waals surface area contributed by atoms with E-state index in [-0.39, 0.29) is 11.2 Å². The Hall–Kier alpha value is -1.16. The normalized spacial score (nSPS) is 18.1. The largest absolute Gasteiger partial charge is 0.330 e. The SMILES string of the molecule is CCn1cc(C(=O)CC2(CN)CCC2)cn1. The van der Waals surface area contributed by atoms with Crippen molar-refractivity contribution >= 4 is 5.78 Å². The third-order valence-electron chi connectivity index (χ3n) is 3.66. The molecule has 0 saturated heterocycles. The van der Waals surface area contributed by atoms with Crippen molar-refractivity contribution in [3.63, 3.8) is 0 Å². The van der Waals surface area contributed by atoms with Gasteiger partial charge in [-0.3, -0.25) is 9.48 Å². The number of aryl methyl sites for hydroxylation is 1. The molecule has 4 heteroatoms. The van der Waals surface area contributed by atoms with Crippen LogP contribution in [-0.4, -0.2) is 22.1 Å². The summed E-state index contributed by atoms with van der Waals surface area (Å²) in [5.74, 6) is 0.185. The van der Waals surface area contributed by atoms with E-state index < -0.39 is 0 Å². The number of hydrogen-bond donors (Lipinski definition) is 1. The van der Waals surface area contributed by atoms with Crippen LogP contribution in [-0.2, 0) is 6.54 Å². The molecule has 0 spiro atoms. The van der Waals surface area contributed by atoms with Crippen molar-refractivity contribution in [2.24, 2.45) is 11.1 Å². The van der Waals surface area contributed by atoms with E-state index in [2.05, 4.69) is 5.10 Å². The van der Waals surface area contributed by atoms with E-state index in [1.54, 1.807) is 10.9 Å². The topological polar surface area (TPSA) is 60.9 Å². The predicted octanol–water partition coefficient (Wildman–Crippen LogP) is 1.60. The third-order valence-corrected chi connectivity index (χ3v) is 3.66. The summed E-state index contributed by atoms with van der Waals surface area (Å²) in [4.78, 5) is 12.0. The molecule has 0 unspecified atom stereocenters. The third kappa shape index (κ3) is 2.02. The lowest BCUT2D eigenvalue weighted by atomic mass is 9.65. The average molecular weight is 221 g/mol. The first-order chi connectivity index (χ1) is 7.69. The maximum Gasteiger partial charge on any atom is 0.166 e. The molecule has 1 aromatic heterocycles. The predicted molar refractivity (Wildman–Crippen MR) is 62.2 cm³/mol. The highest BCUT2D eigenvalue weighted by Crippen LogP contribution is 2.43. The first-order valence-corrected chi connectivity index (χ1v) is 5.95. The van der Waals surface area contributed by atoms with Crippen molar-refractivity contribution in [1.29, 1.82) is 0 Å². The Morgan fingerprint density at radius 2 is 2.38 bits per heavy atom. The van der Waals surface area contributed by atoms with Gasteiger partial charge in [0.25, 0.3) is 0 Å². The Kier molecular flexibility index (Phi) is 3.10. The average Bonchev–Trinajstić information content (AvgIpc) is 2.71. The van der Waals surface area contributed by atoms with Crippen LogP contribution in [0.25, 0.3) is 0 Å². The van der Waals surface area contributed by atoms with Gasteiger partial charge >= 0.3 is 0 Å². The van der Waals surface area contributed by atoms with Crippen molar-refractivity contribution in [2.45, 2.75) is 39.2 Å². The number of hydrogen-bond acceptors (Lipinski definition) is 3. The summed E-state index contributed by atoms with van der Waals surface area (Å²) in [7, 11) is 0. The Balaban J connectivity index is 2.02. The summed E-state index contributed by atoms with van der Waals surface area (Å²) in [5, 5.41) is 4.12. The highest BCUT2D eigenvalue weighted by molar-refractivity contribution is 5.96. The van der Waals surface area contributed by atoms with Gasteiger partial charge in [0.2, 0.25) is 0 Å². The molecular weight excluding hydrogens is 202 g/mol. The summed E-state index contributed by atoms with van der Waals surface area (Å²) in [6, 6.07) is 0. The minimum Gasteiger partial charge on any atom is -0.330 e. The minimum absolute atomic E-state index is 0.0887. The van der Waals surface area contributed by atoms with Gasteiger partial charge in [-0.1, -0.05) is 6.42 Å². The summed E-state index contributed by atoms with van der Waals surface area (Å²) in [5.41, 5.74) is 6.57. The molecule has 0 bridgehead atoms. The number of nitrogens with zero attached hydrogens (tertiary/aromatic N) is 2. The van der Waals surface area contributed by atoms with E-state index in [1.165, 1.54) is 6.42 Å². The van der Waals surface area contributed by atoms with Crippen LogP contribution in [0.2, 0.25) is 0 Å². The molecule has 1 aliphatic carbocycles. The second kappa shape index (κ2) is 4.37. The summed E-state index contributed by atoms with van der Waals surface area (Å²) in [6.45, 7) is 3.44. The van der Waals surface area contributed by atoms with Gasteiger partial charge in [-0.05, 0) is 31.7 Å². The molecule has 0 aromatic carbocycles. The Morgan fingerprint density at radius 1 is 1.62 bits per heavy atom. The van der Waals surface area contributed by atoms with Crippen LogP contribution >= 0.6 is 0 Å². The zero-order valence-electron chi connectivity index (χ0n) is 9.78. The van der Waals surface area contributed by atoms with Gasteiger partial charge in [-0.15, -0.1) is 0 Å². The second-order valence-electron chi connectivity index (χ2n) is 4.74. The molecule has 16 heavy (non-hydrogen) atoms. The minimum atomic E-state index is 0.0887. The lowest BCUT2D eigenvalue weighted by Crippen LogP contribution is -2.39. The monoisotopic (exact) mass is 221 g/mol. The van der Waals surface area contributed by atoms with Crippen LogP contribution < -0.4 is 5.73 Å². The summed E-state index contributed by atoms with van der Waals surface area (Å²) < 4.78 is 1.78. The van der Waals surface area contributed by atoms with E-state index in [0.717, 1.165) is 24.9 Å². The number of rotatable bonds is 5. The Morgan fingerprint density at radius 3 is 2.81 bits per heavy atom. The summed E-state index contributed by atoms with van der Waals surface area (Å²) >= 11 is 0. The maximum atomic E-state index is 12.0. The van der Waals surface area contributed by atoms with E-state index >= 15 is 0 Å². The van der Waals surface area contributed by atoms with Crippen molar-refractivity contribution in [2.75, 3.05) is 6.54 Å². The standard InChI is InChI=1S/C12H19N3O/c1-2-15-8-10(7-14-15)11(16)6-12(9-13)4-3-5-12/h7-8H,2-6,9,13H2,1H3. The highest BCUT2D eigenvalue weighted by Gasteiger charge is 2.37. The quantitative estimate of drug-likeness (QED) is 0.768. The molecule has 1 aromatic rings. The van der Waals surface area contributed by atoms with Gasteiger partial charge in [0.15, 0.2) is 5.78 Å². The Labute approximate surface area is 95.8 Å². The first kappa shape index (κ1) is 11.3. The molecule has 0 atom stereocenters. The molecule has 1 heterocycles. The summed E-state index contributed by atoms with van der Waals surface area (Å²) in [6.07, 6.45) is 7.46. The number of aromatic nitrogens is 2. The van der Waals surface area contributed by atoms with E-state index in [4.69, 9.17) is 5.73 Å². The van der Waals surface area contributed by atoms with Gasteiger partial charge in [0, 0.05) is 19.2 Å². The number of carbonyl (C=O) groups is 1. The zero-order valence-corrected chi connectivity index (χ0v) is 9.78. The van der Waals surface area contributed by atoms with E-state index in [0.29, 0.717) is 13.0 Å². The lowest BCUT2D eigenvalue weighted by molar-refractivity contribution is 0.0786. The van der Waals surface area contributed by atoms with Gasteiger partial charge < -0.3 is 5.73 Å². The van der Waals surface area contributed by atoms with Gasteiger partial charge in [-0.2, -0.15) is 5.10 Å². The van der Waals surface area contributed by atoms with Crippen molar-refractivity contribution in [1.82, 2.24) is 9.78 Å². The number of Topliss-reactive ketones (excluding diaryl/α,β-unsaturated/α-hetero) is 1. The number of ketones is 1. The van der Waals surface area contributed by atoms with E-state index in [1.807, 2.05) is 13.1 Å². The molecule has 1 aliphatic rings. The van der Waals surface area contributed by atoms with E-state index in [9.17, 15) is 4.79 Å². The fourth-order valence-electron chi connectivity index (χ4n) is 2.25. The van der Waals surface area contributed by atoms with Gasteiger partial charge in [0.05, 0.1) is 11.8 Å². The Bertz CT molecular complexity index is 374. The van der Waals surface area contributed by atoms with Crippen molar-refractivity contribution in [3.8, 4) is 0 Å². The fourth-order valence-corrected chi connectivity index (χ4v) is 2.25. The number of carbonyl (C=O) groups excluding carboxylic acids is 1. The molecule has 0 aliphatic heterocycles. The highest BCUT2D eigenvalue weighted by atomic mass is 16.1. The maximum absolute atomic E-state index is 12.0. The fraction of sp³-hybridized carbons (Fsp3) is 0.667. The van der Waals surface area contributed by atoms with Crippen molar-refractivity contribution in [3.05, 3.63) is 18.0 Å². The molecule has 2 rings (SSSR count). The lowest BCUT2D eigenvalue weighted by Gasteiger charge is -2.40. The van der Waals surface area contributed by atoms with Crippen LogP contribution in [0.5, 0.6) is 0 Å². The van der Waals surface area contributed by atoms with Crippen LogP contribution in [0.4, 0.5) is 0 Å². The molecule has 1 saturated carbocycles. The molecule has 0 amide bonds. The smallest absolute Gasteiger partial charge is 0.166 e. The number of nitrogens with two attached hydrogens (primary N) is 1. The molecule has 4 nitrogen and oxygen atoms in total. The van der Waals surface area contributed by atoms with Gasteiger partial charge in [-0.25, -0.2) is 0 Å². The zero-order chi connectivity index (χ0) is 11.6. The molecular formula is C12H19N3O. The van der Waals surface area contributed by atoms with Crippen LogP contribution in [0.1, 0.15) is 43.0 Å². The molecule has 88 valence electrons. The molecule has 2 N–H and O–H groups in total. The van der Waals surface area contributed by atoms with Gasteiger partial charge in [0.1, 0.15) is 0 Å². The van der Waals surface area contributed by atoms with Crippen LogP contribution in [0.3, 0.4) is 0 Å². The molecule has 1 fully saturated rings. The van der Waals surface area contributed by atoms with Crippen LogP contribution in [0.15, 0.2) is 12.4 Å². The first-order valence-electron chi connectivity index (χ1n) is 5.95.